The monoisotopic (exact) mass is 340 g/mol. The molecular weight excluding hydrogens is 316 g/mol. The predicted octanol–water partition coefficient (Wildman–Crippen LogP) is 2.82. The zero-order valence-corrected chi connectivity index (χ0v) is 14.0. The van der Waals surface area contributed by atoms with Gasteiger partial charge in [0, 0.05) is 35.8 Å². The molecule has 0 aliphatic carbocycles. The van der Waals surface area contributed by atoms with Gasteiger partial charge in [0.05, 0.1) is 0 Å². The van der Waals surface area contributed by atoms with Crippen molar-refractivity contribution >= 4 is 15.9 Å². The van der Waals surface area contributed by atoms with Crippen LogP contribution in [0.3, 0.4) is 0 Å². The van der Waals surface area contributed by atoms with Crippen LogP contribution in [0.2, 0.25) is 0 Å². The van der Waals surface area contributed by atoms with Crippen LogP contribution in [0, 0.1) is 0 Å². The minimum Gasteiger partial charge on any atom is -0.381 e. The molecule has 1 atom stereocenters. The number of hydrogen-bond acceptors (Lipinski definition) is 3. The van der Waals surface area contributed by atoms with Crippen molar-refractivity contribution in [2.75, 3.05) is 26.8 Å². The number of rotatable bonds is 5. The minimum atomic E-state index is -0.00413. The van der Waals surface area contributed by atoms with E-state index in [1.807, 2.05) is 0 Å². The third-order valence-electron chi connectivity index (χ3n) is 4.53. The van der Waals surface area contributed by atoms with E-state index in [9.17, 15) is 0 Å². The first-order valence-electron chi connectivity index (χ1n) is 7.30. The van der Waals surface area contributed by atoms with E-state index in [1.54, 1.807) is 0 Å². The first kappa shape index (κ1) is 16.0. The highest BCUT2D eigenvalue weighted by atomic mass is 79.9. The van der Waals surface area contributed by atoms with Crippen molar-refractivity contribution in [3.8, 4) is 0 Å². The smallest absolute Gasteiger partial charge is 0.0480 e. The molecule has 0 bridgehead atoms. The molecule has 112 valence electrons. The Hall–Kier alpha value is -0.420. The van der Waals surface area contributed by atoms with Gasteiger partial charge in [-0.15, -0.1) is 0 Å². The summed E-state index contributed by atoms with van der Waals surface area (Å²) in [4.78, 5) is 2.47. The second kappa shape index (κ2) is 7.03. The average molecular weight is 341 g/mol. The van der Waals surface area contributed by atoms with Gasteiger partial charge in [-0.25, -0.2) is 0 Å². The van der Waals surface area contributed by atoms with Crippen molar-refractivity contribution in [3.63, 3.8) is 0 Å². The molecule has 1 aliphatic heterocycles. The number of nitrogens with zero attached hydrogens (tertiary/aromatic N) is 1. The summed E-state index contributed by atoms with van der Waals surface area (Å²) in [5.74, 6) is 0. The SMILES string of the molecule is CN(C1CCOCC1)C(C)(CN)Cc1ccc(Br)cc1. The average Bonchev–Trinajstić information content (AvgIpc) is 2.49. The van der Waals surface area contributed by atoms with Crippen molar-refractivity contribution in [3.05, 3.63) is 34.3 Å². The molecule has 1 heterocycles. The fourth-order valence-electron chi connectivity index (χ4n) is 2.90. The molecule has 4 heteroatoms. The molecule has 2 N–H and O–H groups in total. The topological polar surface area (TPSA) is 38.5 Å². The summed E-state index contributed by atoms with van der Waals surface area (Å²) >= 11 is 3.48. The lowest BCUT2D eigenvalue weighted by Gasteiger charge is -2.44. The van der Waals surface area contributed by atoms with Crippen LogP contribution < -0.4 is 5.73 Å². The largest absolute Gasteiger partial charge is 0.381 e. The molecule has 1 saturated heterocycles. The Morgan fingerprint density at radius 2 is 1.90 bits per heavy atom. The molecule has 0 saturated carbocycles. The van der Waals surface area contributed by atoms with Crippen LogP contribution in [-0.2, 0) is 11.2 Å². The van der Waals surface area contributed by atoms with Crippen molar-refractivity contribution in [2.45, 2.75) is 37.8 Å². The Morgan fingerprint density at radius 1 is 1.30 bits per heavy atom. The molecule has 1 aromatic carbocycles. The Labute approximate surface area is 130 Å². The number of ether oxygens (including phenoxy) is 1. The molecule has 0 aromatic heterocycles. The quantitative estimate of drug-likeness (QED) is 0.895. The zero-order valence-electron chi connectivity index (χ0n) is 12.4. The Balaban J connectivity index is 2.08. The molecule has 1 aliphatic rings. The van der Waals surface area contributed by atoms with Gasteiger partial charge in [0.1, 0.15) is 0 Å². The number of nitrogens with two attached hydrogens (primary N) is 1. The van der Waals surface area contributed by atoms with Gasteiger partial charge < -0.3 is 10.5 Å². The first-order valence-corrected chi connectivity index (χ1v) is 8.10. The van der Waals surface area contributed by atoms with Crippen LogP contribution in [0.5, 0.6) is 0 Å². The molecule has 2 rings (SSSR count). The molecule has 0 amide bonds. The van der Waals surface area contributed by atoms with Gasteiger partial charge in [0.2, 0.25) is 0 Å². The summed E-state index contributed by atoms with van der Waals surface area (Å²) < 4.78 is 6.58. The van der Waals surface area contributed by atoms with E-state index in [0.29, 0.717) is 12.6 Å². The van der Waals surface area contributed by atoms with Crippen molar-refractivity contribution in [1.82, 2.24) is 4.90 Å². The zero-order chi connectivity index (χ0) is 14.6. The van der Waals surface area contributed by atoms with E-state index in [0.717, 1.165) is 36.9 Å². The number of benzene rings is 1. The number of likely N-dealkylation sites (N-methyl/N-ethyl adjacent to an activating group) is 1. The van der Waals surface area contributed by atoms with Crippen LogP contribution in [0.1, 0.15) is 25.3 Å². The summed E-state index contributed by atoms with van der Waals surface area (Å²) in [7, 11) is 2.21. The Bertz CT molecular complexity index is 417. The van der Waals surface area contributed by atoms with Gasteiger partial charge >= 0.3 is 0 Å². The van der Waals surface area contributed by atoms with Gasteiger partial charge in [-0.05, 0) is 50.9 Å². The highest BCUT2D eigenvalue weighted by Crippen LogP contribution is 2.25. The van der Waals surface area contributed by atoms with E-state index < -0.39 is 0 Å². The lowest BCUT2D eigenvalue weighted by Crippen LogP contribution is -2.56. The highest BCUT2D eigenvalue weighted by molar-refractivity contribution is 9.10. The van der Waals surface area contributed by atoms with E-state index >= 15 is 0 Å². The first-order chi connectivity index (χ1) is 9.55. The third-order valence-corrected chi connectivity index (χ3v) is 5.06. The third kappa shape index (κ3) is 3.82. The van der Waals surface area contributed by atoms with E-state index in [2.05, 4.69) is 59.1 Å². The molecule has 20 heavy (non-hydrogen) atoms. The summed E-state index contributed by atoms with van der Waals surface area (Å²) in [5, 5.41) is 0. The molecule has 1 aromatic rings. The highest BCUT2D eigenvalue weighted by Gasteiger charge is 2.33. The standard InChI is InChI=1S/C16H25BrN2O/c1-16(12-18,11-13-3-5-14(17)6-4-13)19(2)15-7-9-20-10-8-15/h3-6,15H,7-12,18H2,1-2H3. The number of halogens is 1. The summed E-state index contributed by atoms with van der Waals surface area (Å²) in [6.45, 7) is 4.67. The van der Waals surface area contributed by atoms with Gasteiger partial charge in [0.15, 0.2) is 0 Å². The van der Waals surface area contributed by atoms with E-state index in [-0.39, 0.29) is 5.54 Å². The van der Waals surface area contributed by atoms with Gasteiger partial charge in [0.25, 0.3) is 0 Å². The maximum absolute atomic E-state index is 6.11. The molecule has 0 spiro atoms. The summed E-state index contributed by atoms with van der Waals surface area (Å²) in [6, 6.07) is 9.13. The van der Waals surface area contributed by atoms with Crippen LogP contribution in [0.25, 0.3) is 0 Å². The van der Waals surface area contributed by atoms with Gasteiger partial charge in [-0.3, -0.25) is 4.90 Å². The van der Waals surface area contributed by atoms with Crippen molar-refractivity contribution in [1.29, 1.82) is 0 Å². The molecule has 0 radical (unpaired) electrons. The lowest BCUT2D eigenvalue weighted by molar-refractivity contribution is 0.00402. The van der Waals surface area contributed by atoms with Crippen molar-refractivity contribution in [2.24, 2.45) is 5.73 Å². The van der Waals surface area contributed by atoms with Crippen molar-refractivity contribution < 1.29 is 4.74 Å². The second-order valence-corrected chi connectivity index (χ2v) is 6.87. The summed E-state index contributed by atoms with van der Waals surface area (Å²) in [6.07, 6.45) is 3.18. The Kier molecular flexibility index (Phi) is 5.61. The maximum atomic E-state index is 6.11. The predicted molar refractivity (Wildman–Crippen MR) is 86.9 cm³/mol. The molecule has 1 unspecified atom stereocenters. The maximum Gasteiger partial charge on any atom is 0.0480 e. The van der Waals surface area contributed by atoms with Gasteiger partial charge in [-0.2, -0.15) is 0 Å². The van der Waals surface area contributed by atoms with Gasteiger partial charge in [-0.1, -0.05) is 28.1 Å². The van der Waals surface area contributed by atoms with Crippen LogP contribution in [0.4, 0.5) is 0 Å². The van der Waals surface area contributed by atoms with Crippen LogP contribution in [-0.4, -0.2) is 43.3 Å². The van der Waals surface area contributed by atoms with E-state index in [1.165, 1.54) is 5.56 Å². The molecular formula is C16H25BrN2O. The van der Waals surface area contributed by atoms with Crippen LogP contribution >= 0.6 is 15.9 Å². The fourth-order valence-corrected chi connectivity index (χ4v) is 3.16. The molecule has 3 nitrogen and oxygen atoms in total. The van der Waals surface area contributed by atoms with Crippen LogP contribution in [0.15, 0.2) is 28.7 Å². The summed E-state index contributed by atoms with van der Waals surface area (Å²) in [5.41, 5.74) is 7.44. The lowest BCUT2D eigenvalue weighted by atomic mass is 9.88. The normalized spacial score (nSPS) is 20.1. The fraction of sp³-hybridized carbons (Fsp3) is 0.625. The molecule has 1 fully saturated rings. The van der Waals surface area contributed by atoms with E-state index in [4.69, 9.17) is 10.5 Å². The number of hydrogen-bond donors (Lipinski definition) is 1. The Morgan fingerprint density at radius 3 is 2.45 bits per heavy atom. The second-order valence-electron chi connectivity index (χ2n) is 5.96. The minimum absolute atomic E-state index is 0.00413.